The Morgan fingerprint density at radius 2 is 1.28 bits per heavy atom. The lowest BCUT2D eigenvalue weighted by atomic mass is 10.0. The van der Waals surface area contributed by atoms with Gasteiger partial charge in [0.25, 0.3) is 11.8 Å². The van der Waals surface area contributed by atoms with E-state index in [4.69, 9.17) is 0 Å². The molecule has 0 aromatic heterocycles. The fourth-order valence-electron chi connectivity index (χ4n) is 4.33. The number of benzene rings is 2. The Morgan fingerprint density at radius 1 is 0.719 bits per heavy atom. The van der Waals surface area contributed by atoms with E-state index in [9.17, 15) is 9.59 Å². The summed E-state index contributed by atoms with van der Waals surface area (Å²) in [6, 6.07) is 19.6. The Bertz CT molecular complexity index is 906. The number of hydrogen-bond donors (Lipinski definition) is 0. The van der Waals surface area contributed by atoms with Crippen molar-refractivity contribution in [3.05, 3.63) is 77.5 Å². The summed E-state index contributed by atoms with van der Waals surface area (Å²) in [5.74, 6) is -0.339. The maximum atomic E-state index is 13.4. The summed E-state index contributed by atoms with van der Waals surface area (Å²) < 4.78 is 0. The molecule has 0 aliphatic carbocycles. The maximum absolute atomic E-state index is 13.4. The summed E-state index contributed by atoms with van der Waals surface area (Å²) >= 11 is 0. The van der Waals surface area contributed by atoms with Crippen molar-refractivity contribution in [3.8, 4) is 0 Å². The second kappa shape index (κ2) is 12.2. The highest BCUT2D eigenvalue weighted by atomic mass is 16.2. The van der Waals surface area contributed by atoms with Gasteiger partial charge in [0, 0.05) is 20.1 Å². The van der Waals surface area contributed by atoms with Crippen molar-refractivity contribution in [2.75, 3.05) is 13.6 Å². The van der Waals surface area contributed by atoms with Crippen molar-refractivity contribution in [1.82, 2.24) is 9.80 Å². The van der Waals surface area contributed by atoms with Crippen LogP contribution in [-0.2, 0) is 16.1 Å². The third-order valence-corrected chi connectivity index (χ3v) is 6.09. The molecule has 1 aliphatic rings. The fraction of sp³-hybridized carbons (Fsp3) is 0.429. The first kappa shape index (κ1) is 23.8. The van der Waals surface area contributed by atoms with E-state index in [0.717, 1.165) is 24.0 Å². The van der Waals surface area contributed by atoms with Gasteiger partial charge >= 0.3 is 0 Å². The first-order valence-electron chi connectivity index (χ1n) is 12.0. The van der Waals surface area contributed by atoms with Crippen LogP contribution in [0.4, 0.5) is 0 Å². The number of rotatable bonds is 13. The average molecular weight is 433 g/mol. The van der Waals surface area contributed by atoms with Crippen molar-refractivity contribution in [2.24, 2.45) is 0 Å². The van der Waals surface area contributed by atoms with Crippen molar-refractivity contribution < 1.29 is 9.59 Å². The zero-order valence-corrected chi connectivity index (χ0v) is 19.6. The van der Waals surface area contributed by atoms with Crippen LogP contribution < -0.4 is 0 Å². The number of carbonyl (C=O) groups excluding carboxylic acids is 2. The van der Waals surface area contributed by atoms with Gasteiger partial charge < -0.3 is 4.90 Å². The largest absolute Gasteiger partial charge is 0.365 e. The highest BCUT2D eigenvalue weighted by molar-refractivity contribution is 6.35. The summed E-state index contributed by atoms with van der Waals surface area (Å²) in [7, 11) is 1.90. The molecule has 0 fully saturated rings. The standard InChI is InChI=1S/C28H36N2O2/c1-3-4-5-6-7-8-9-16-21-30-27(31)25(24-19-14-11-15-20-24)26(28(30)32)29(2)22-23-17-12-10-13-18-23/h10-15,17-20H,3-9,16,21-22H2,1-2H3. The molecule has 0 saturated carbocycles. The van der Waals surface area contributed by atoms with E-state index in [-0.39, 0.29) is 11.8 Å². The van der Waals surface area contributed by atoms with Gasteiger partial charge in [0.2, 0.25) is 0 Å². The molecule has 170 valence electrons. The monoisotopic (exact) mass is 432 g/mol. The SMILES string of the molecule is CCCCCCCCCCN1C(=O)C(c2ccccc2)=C(N(C)Cc2ccccc2)C1=O. The topological polar surface area (TPSA) is 40.6 Å². The highest BCUT2D eigenvalue weighted by Crippen LogP contribution is 2.32. The lowest BCUT2D eigenvalue weighted by Gasteiger charge is -2.21. The normalized spacial score (nSPS) is 13.9. The lowest BCUT2D eigenvalue weighted by molar-refractivity contribution is -0.137. The molecule has 1 heterocycles. The van der Waals surface area contributed by atoms with Gasteiger partial charge in [-0.05, 0) is 17.5 Å². The van der Waals surface area contributed by atoms with E-state index in [0.29, 0.717) is 24.4 Å². The van der Waals surface area contributed by atoms with Crippen LogP contribution in [0.5, 0.6) is 0 Å². The molecule has 3 rings (SSSR count). The molecule has 0 atom stereocenters. The van der Waals surface area contributed by atoms with Crippen LogP contribution in [-0.4, -0.2) is 35.2 Å². The molecule has 1 aliphatic heterocycles. The van der Waals surface area contributed by atoms with Crippen LogP contribution in [0.1, 0.15) is 69.4 Å². The van der Waals surface area contributed by atoms with E-state index >= 15 is 0 Å². The molecular weight excluding hydrogens is 396 g/mol. The molecule has 2 aromatic carbocycles. The molecule has 0 saturated heterocycles. The Balaban J connectivity index is 1.68. The second-order valence-electron chi connectivity index (χ2n) is 8.67. The minimum absolute atomic E-state index is 0.168. The van der Waals surface area contributed by atoms with E-state index in [1.54, 1.807) is 0 Å². The van der Waals surface area contributed by atoms with Gasteiger partial charge in [0.1, 0.15) is 5.70 Å². The van der Waals surface area contributed by atoms with Crippen molar-refractivity contribution in [2.45, 2.75) is 64.8 Å². The number of imide groups is 1. The van der Waals surface area contributed by atoms with Crippen molar-refractivity contribution in [3.63, 3.8) is 0 Å². The van der Waals surface area contributed by atoms with E-state index in [1.165, 1.54) is 43.4 Å². The predicted molar refractivity (Wildman–Crippen MR) is 131 cm³/mol. The molecule has 2 amide bonds. The Morgan fingerprint density at radius 3 is 1.91 bits per heavy atom. The Labute approximate surface area is 192 Å². The highest BCUT2D eigenvalue weighted by Gasteiger charge is 2.40. The molecule has 0 spiro atoms. The lowest BCUT2D eigenvalue weighted by Crippen LogP contribution is -2.34. The zero-order valence-electron chi connectivity index (χ0n) is 19.6. The number of hydrogen-bond acceptors (Lipinski definition) is 3. The van der Waals surface area contributed by atoms with E-state index in [2.05, 4.69) is 6.92 Å². The first-order chi connectivity index (χ1) is 15.6. The third-order valence-electron chi connectivity index (χ3n) is 6.09. The Kier molecular flexibility index (Phi) is 9.09. The summed E-state index contributed by atoms with van der Waals surface area (Å²) in [6.07, 6.45) is 9.48. The molecule has 0 unspecified atom stereocenters. The van der Waals surface area contributed by atoms with Crippen LogP contribution in [0.3, 0.4) is 0 Å². The Hall–Kier alpha value is -2.88. The van der Waals surface area contributed by atoms with Crippen LogP contribution in [0.15, 0.2) is 66.4 Å². The van der Waals surface area contributed by atoms with Crippen LogP contribution >= 0.6 is 0 Å². The molecule has 2 aromatic rings. The van der Waals surface area contributed by atoms with Crippen LogP contribution in [0.25, 0.3) is 5.57 Å². The van der Waals surface area contributed by atoms with Gasteiger partial charge in [-0.2, -0.15) is 0 Å². The minimum atomic E-state index is -0.171. The van der Waals surface area contributed by atoms with E-state index < -0.39 is 0 Å². The molecule has 0 radical (unpaired) electrons. The smallest absolute Gasteiger partial charge is 0.277 e. The van der Waals surface area contributed by atoms with Crippen LogP contribution in [0.2, 0.25) is 0 Å². The second-order valence-corrected chi connectivity index (χ2v) is 8.67. The van der Waals surface area contributed by atoms with Gasteiger partial charge in [-0.25, -0.2) is 0 Å². The van der Waals surface area contributed by atoms with Crippen LogP contribution in [0, 0.1) is 0 Å². The van der Waals surface area contributed by atoms with Crippen molar-refractivity contribution in [1.29, 1.82) is 0 Å². The third kappa shape index (κ3) is 6.09. The molecule has 0 bridgehead atoms. The first-order valence-corrected chi connectivity index (χ1v) is 12.0. The summed E-state index contributed by atoms with van der Waals surface area (Å²) in [6.45, 7) is 3.30. The molecule has 4 nitrogen and oxygen atoms in total. The fourth-order valence-corrected chi connectivity index (χ4v) is 4.33. The van der Waals surface area contributed by atoms with Crippen molar-refractivity contribution >= 4 is 17.4 Å². The quantitative estimate of drug-likeness (QED) is 0.286. The number of unbranched alkanes of at least 4 members (excludes halogenated alkanes) is 7. The number of nitrogens with zero attached hydrogens (tertiary/aromatic N) is 2. The summed E-state index contributed by atoms with van der Waals surface area (Å²) in [4.78, 5) is 30.1. The molecule has 32 heavy (non-hydrogen) atoms. The number of likely N-dealkylation sites (N-methyl/N-ethyl adjacent to an activating group) is 1. The maximum Gasteiger partial charge on any atom is 0.277 e. The molecular formula is C28H36N2O2. The minimum Gasteiger partial charge on any atom is -0.365 e. The predicted octanol–water partition coefficient (Wildman–Crippen LogP) is 6.04. The van der Waals surface area contributed by atoms with Gasteiger partial charge in [-0.15, -0.1) is 0 Å². The van der Waals surface area contributed by atoms with E-state index in [1.807, 2.05) is 72.6 Å². The van der Waals surface area contributed by atoms with Gasteiger partial charge in [-0.1, -0.05) is 113 Å². The average Bonchev–Trinajstić information content (AvgIpc) is 3.06. The van der Waals surface area contributed by atoms with Gasteiger partial charge in [-0.3, -0.25) is 14.5 Å². The van der Waals surface area contributed by atoms with Gasteiger partial charge in [0.15, 0.2) is 0 Å². The molecule has 4 heteroatoms. The summed E-state index contributed by atoms with van der Waals surface area (Å²) in [5.41, 5.74) is 2.94. The number of carbonyl (C=O) groups is 2. The number of amides is 2. The zero-order chi connectivity index (χ0) is 22.8. The van der Waals surface area contributed by atoms with Gasteiger partial charge in [0.05, 0.1) is 5.57 Å². The molecule has 0 N–H and O–H groups in total. The summed E-state index contributed by atoms with van der Waals surface area (Å²) in [5, 5.41) is 0.